The van der Waals surface area contributed by atoms with Crippen LogP contribution in [-0.4, -0.2) is 143 Å². The number of hydrogen-bond donors (Lipinski definition) is 2. The lowest BCUT2D eigenvalue weighted by atomic mass is 9.52. The van der Waals surface area contributed by atoms with E-state index in [9.17, 15) is 58.2 Å². The molecule has 6 atom stereocenters. The third-order valence-corrected chi connectivity index (χ3v) is 26.8. The summed E-state index contributed by atoms with van der Waals surface area (Å²) in [4.78, 5) is 117. The molecule has 15 rings (SSSR count). The number of cyclic esters (lactones) is 2. The van der Waals surface area contributed by atoms with E-state index < -0.39 is 73.8 Å². The maximum Gasteiger partial charge on any atom is 0.347 e. The van der Waals surface area contributed by atoms with Gasteiger partial charge in [-0.2, -0.15) is 0 Å². The van der Waals surface area contributed by atoms with E-state index in [0.29, 0.717) is 100 Å². The van der Waals surface area contributed by atoms with Crippen LogP contribution in [0.25, 0.3) is 0 Å². The van der Waals surface area contributed by atoms with Crippen molar-refractivity contribution < 1.29 is 106 Å². The number of esters is 10. The Labute approximate surface area is 639 Å². The second-order valence-corrected chi connectivity index (χ2v) is 38.7. The summed E-state index contributed by atoms with van der Waals surface area (Å²) in [5.41, 5.74) is -5.16. The normalized spacial score (nSPS) is 32.3. The van der Waals surface area contributed by atoms with Gasteiger partial charge in [-0.1, -0.05) is 48.0 Å². The summed E-state index contributed by atoms with van der Waals surface area (Å²) in [5, 5.41) is 21.3. The maximum atomic E-state index is 12.4. The van der Waals surface area contributed by atoms with Crippen LogP contribution in [-0.2, 0) is 95.3 Å². The molecular formula is C85H138O22. The van der Waals surface area contributed by atoms with Crippen LogP contribution in [0, 0.1) is 79.8 Å². The fourth-order valence-corrected chi connectivity index (χ4v) is 18.4. The van der Waals surface area contributed by atoms with Gasteiger partial charge in [-0.3, -0.25) is 28.8 Å². The summed E-state index contributed by atoms with van der Waals surface area (Å²) in [7, 11) is 0. The van der Waals surface area contributed by atoms with Crippen molar-refractivity contribution in [1.29, 1.82) is 0 Å². The second kappa shape index (κ2) is 35.5. The molecule has 0 aromatic carbocycles. The van der Waals surface area contributed by atoms with E-state index in [0.717, 1.165) is 102 Å². The molecule has 0 spiro atoms. The van der Waals surface area contributed by atoms with Gasteiger partial charge in [-0.15, -0.1) is 0 Å². The lowest BCUT2D eigenvalue weighted by Gasteiger charge is -2.59. The third kappa shape index (κ3) is 23.6. The molecular weight excluding hydrogens is 1370 g/mol. The zero-order valence-electron chi connectivity index (χ0n) is 69.0. The first-order chi connectivity index (χ1) is 49.6. The SMILES string of the molecule is CCC(C)(C)C(=O)OC12CC3CC(CC(O)(C3)C1)C2.CCC(C)(C)C(=O)OC12CC3CC(CC(O)(C3)C1)C2.CCC(C)(C)C(=O)OC1CCOC1=O.CCC(C)(C)C(=O)OC1CCOC1=O.CCC(C)(C)C(=O)OCC(=O)OC1(C)CCCCC1.CCC(C)(C)C(=O)OCC(=O)OC1C2CC3CC(C2)CC1C3. The van der Waals surface area contributed by atoms with Crippen LogP contribution in [0.5, 0.6) is 0 Å². The van der Waals surface area contributed by atoms with Crippen LogP contribution >= 0.6 is 0 Å². The summed E-state index contributed by atoms with van der Waals surface area (Å²) < 4.78 is 52.8. The number of rotatable bonds is 22. The fourth-order valence-electron chi connectivity index (χ4n) is 18.4. The Morgan fingerprint density at radius 2 is 0.701 bits per heavy atom. The second-order valence-electron chi connectivity index (χ2n) is 38.7. The number of ether oxygens (including phenoxy) is 10. The maximum absolute atomic E-state index is 12.4. The molecule has 2 saturated heterocycles. The monoisotopic (exact) mass is 1510 g/mol. The predicted molar refractivity (Wildman–Crippen MR) is 399 cm³/mol. The quantitative estimate of drug-likeness (QED) is 0.0751. The van der Waals surface area contributed by atoms with E-state index in [1.807, 2.05) is 104 Å². The fraction of sp³-hybridized carbons (Fsp3) is 0.882. The summed E-state index contributed by atoms with van der Waals surface area (Å²) in [6.45, 7) is 36.1. The van der Waals surface area contributed by atoms with Crippen LogP contribution in [0.15, 0.2) is 0 Å². The minimum Gasteiger partial charge on any atom is -0.463 e. The average molecular weight is 1510 g/mol. The topological polar surface area (TPSA) is 303 Å². The van der Waals surface area contributed by atoms with Crippen molar-refractivity contribution in [2.75, 3.05) is 26.4 Å². The first kappa shape index (κ1) is 88.8. The highest BCUT2D eigenvalue weighted by molar-refractivity contribution is 5.84. The highest BCUT2D eigenvalue weighted by Crippen LogP contribution is 2.61. The smallest absolute Gasteiger partial charge is 0.347 e. The van der Waals surface area contributed by atoms with Crippen LogP contribution in [0.1, 0.15) is 324 Å². The van der Waals surface area contributed by atoms with E-state index in [-0.39, 0.29) is 77.9 Å². The minimum absolute atomic E-state index is 0.0678. The zero-order chi connectivity index (χ0) is 79.7. The molecule has 610 valence electrons. The van der Waals surface area contributed by atoms with E-state index in [1.54, 1.807) is 27.7 Å². The highest BCUT2D eigenvalue weighted by Gasteiger charge is 2.61. The molecule has 2 aliphatic heterocycles. The lowest BCUT2D eigenvalue weighted by molar-refractivity contribution is -0.226. The Kier molecular flexibility index (Phi) is 29.5. The molecule has 22 nitrogen and oxygen atoms in total. The van der Waals surface area contributed by atoms with E-state index in [2.05, 4.69) is 0 Å². The Bertz CT molecular complexity index is 2920. The van der Waals surface area contributed by atoms with Gasteiger partial charge in [0.05, 0.1) is 56.9 Å². The lowest BCUT2D eigenvalue weighted by Crippen LogP contribution is -2.61. The van der Waals surface area contributed by atoms with E-state index in [4.69, 9.17) is 47.4 Å². The van der Waals surface area contributed by atoms with Gasteiger partial charge in [0.2, 0.25) is 12.2 Å². The van der Waals surface area contributed by atoms with Gasteiger partial charge in [0, 0.05) is 25.7 Å². The first-order valence-corrected chi connectivity index (χ1v) is 41.1. The average Bonchev–Trinajstić information content (AvgIpc) is 0.777. The van der Waals surface area contributed by atoms with Crippen molar-refractivity contribution in [2.24, 2.45) is 79.8 Å². The molecule has 0 amide bonds. The molecule has 13 saturated carbocycles. The molecule has 2 N–H and O–H groups in total. The summed E-state index contributed by atoms with van der Waals surface area (Å²) in [6, 6.07) is 0. The largest absolute Gasteiger partial charge is 0.463 e. The number of aliphatic hydroxyl groups is 2. The molecule has 0 radical (unpaired) electrons. The van der Waals surface area contributed by atoms with E-state index >= 15 is 0 Å². The molecule has 12 bridgehead atoms. The van der Waals surface area contributed by atoms with Crippen LogP contribution in [0.2, 0.25) is 0 Å². The molecule has 0 aromatic heterocycles. The van der Waals surface area contributed by atoms with Crippen molar-refractivity contribution in [3.8, 4) is 0 Å². The minimum atomic E-state index is -0.687. The molecule has 13 aliphatic carbocycles. The standard InChI is InChI=1S/C18H28O4.2C16H26O3.C15H26O4.2C10H16O4/c1-4-18(2,3)17(20)21-10-15(19)22-16-13-6-11-5-12(8-13)9-14(16)7-11;2*1-4-14(2,3)13(17)19-16-8-11-5-12(9-16)7-15(18,6-11)10-16;1-5-14(2,3)13(17)18-11-12(16)19-15(4)9-7-6-8-10-15;2*1-4-10(2,3)9(12)14-7-5-6-13-8(7)11/h11-14,16H,4-10H2,1-3H3;2*11-12,18H,4-10H2,1-3H3;5-11H2,1-4H3;2*7H,4-6H2,1-3H3. The van der Waals surface area contributed by atoms with Crippen molar-refractivity contribution in [3.05, 3.63) is 0 Å². The molecule has 2 heterocycles. The van der Waals surface area contributed by atoms with Crippen molar-refractivity contribution in [1.82, 2.24) is 0 Å². The number of carbonyl (C=O) groups excluding carboxylic acids is 10. The summed E-state index contributed by atoms with van der Waals surface area (Å²) >= 11 is 0. The number of carbonyl (C=O) groups is 10. The van der Waals surface area contributed by atoms with Crippen LogP contribution in [0.4, 0.5) is 0 Å². The van der Waals surface area contributed by atoms with Gasteiger partial charge in [0.25, 0.3) is 0 Å². The van der Waals surface area contributed by atoms with Crippen LogP contribution < -0.4 is 0 Å². The zero-order valence-corrected chi connectivity index (χ0v) is 69.0. The highest BCUT2D eigenvalue weighted by atomic mass is 16.6. The van der Waals surface area contributed by atoms with Crippen molar-refractivity contribution in [2.45, 2.75) is 370 Å². The summed E-state index contributed by atoms with van der Waals surface area (Å²) in [6.07, 6.45) is 26.7. The Morgan fingerprint density at radius 3 is 1.01 bits per heavy atom. The van der Waals surface area contributed by atoms with Gasteiger partial charge in [-0.25, -0.2) is 19.2 Å². The predicted octanol–water partition coefficient (Wildman–Crippen LogP) is 15.2. The Morgan fingerprint density at radius 1 is 0.393 bits per heavy atom. The molecule has 15 fully saturated rings. The first-order valence-electron chi connectivity index (χ1n) is 41.1. The van der Waals surface area contributed by atoms with Crippen LogP contribution in [0.3, 0.4) is 0 Å². The van der Waals surface area contributed by atoms with Gasteiger partial charge in [0.15, 0.2) is 13.2 Å². The Hall–Kier alpha value is -5.38. The van der Waals surface area contributed by atoms with Crippen molar-refractivity contribution in [3.63, 3.8) is 0 Å². The third-order valence-electron chi connectivity index (χ3n) is 26.8. The summed E-state index contributed by atoms with van der Waals surface area (Å²) in [5.74, 6) is 1.89. The molecule has 22 heteroatoms. The molecule has 15 aliphatic rings. The molecule has 107 heavy (non-hydrogen) atoms. The Balaban J connectivity index is 0.000000180. The van der Waals surface area contributed by atoms with Gasteiger partial charge in [0.1, 0.15) is 22.9 Å². The number of hydrogen-bond acceptors (Lipinski definition) is 22. The van der Waals surface area contributed by atoms with Gasteiger partial charge in [-0.05, 0) is 298 Å². The molecule has 6 unspecified atom stereocenters. The van der Waals surface area contributed by atoms with Gasteiger partial charge >= 0.3 is 59.7 Å². The van der Waals surface area contributed by atoms with E-state index in [1.165, 1.54) is 51.4 Å². The van der Waals surface area contributed by atoms with Gasteiger partial charge < -0.3 is 57.6 Å². The van der Waals surface area contributed by atoms with Crippen molar-refractivity contribution >= 4 is 59.7 Å². The molecule has 0 aromatic rings.